The molecule has 0 atom stereocenters. The van der Waals surface area contributed by atoms with Crippen molar-refractivity contribution in [2.75, 3.05) is 12.4 Å². The number of thiocarbonyl (C=S) groups is 1. The monoisotopic (exact) mass is 434 g/mol. The highest BCUT2D eigenvalue weighted by molar-refractivity contribution is 9.10. The van der Waals surface area contributed by atoms with Gasteiger partial charge in [-0.05, 0) is 60.8 Å². The second-order valence-electron chi connectivity index (χ2n) is 5.05. The van der Waals surface area contributed by atoms with Crippen LogP contribution in [0.1, 0.15) is 15.9 Å². The van der Waals surface area contributed by atoms with Crippen molar-refractivity contribution in [1.82, 2.24) is 5.32 Å². The van der Waals surface area contributed by atoms with Crippen LogP contribution in [-0.2, 0) is 4.79 Å². The van der Waals surface area contributed by atoms with Crippen LogP contribution in [0, 0.1) is 0 Å². The normalized spacial score (nSPS) is 10.4. The first kappa shape index (κ1) is 19.6. The summed E-state index contributed by atoms with van der Waals surface area (Å²) in [6.07, 6.45) is 2.95. The van der Waals surface area contributed by atoms with Crippen LogP contribution in [-0.4, -0.2) is 29.2 Å². The van der Waals surface area contributed by atoms with Crippen LogP contribution in [0.15, 0.2) is 53.0 Å². The van der Waals surface area contributed by atoms with Gasteiger partial charge in [-0.15, -0.1) is 0 Å². The van der Waals surface area contributed by atoms with Gasteiger partial charge in [-0.2, -0.15) is 0 Å². The predicted octanol–water partition coefficient (Wildman–Crippen LogP) is 3.68. The largest absolute Gasteiger partial charge is 0.496 e. The Bertz CT molecular complexity index is 866. The first-order chi connectivity index (χ1) is 12.4. The average molecular weight is 435 g/mol. The minimum Gasteiger partial charge on any atom is -0.496 e. The fraction of sp³-hybridized carbons (Fsp3) is 0.0556. The van der Waals surface area contributed by atoms with Gasteiger partial charge in [-0.1, -0.05) is 15.9 Å². The van der Waals surface area contributed by atoms with Gasteiger partial charge in [0, 0.05) is 21.8 Å². The van der Waals surface area contributed by atoms with Crippen molar-refractivity contribution in [3.05, 3.63) is 64.1 Å². The van der Waals surface area contributed by atoms with E-state index in [0.29, 0.717) is 11.4 Å². The number of methoxy groups -OCH3 is 1. The highest BCUT2D eigenvalue weighted by atomic mass is 79.9. The molecule has 0 aliphatic heterocycles. The molecule has 0 radical (unpaired) electrons. The molecule has 0 aliphatic rings. The topological polar surface area (TPSA) is 87.7 Å². The first-order valence-electron chi connectivity index (χ1n) is 7.36. The molecular weight excluding hydrogens is 420 g/mol. The number of benzene rings is 2. The van der Waals surface area contributed by atoms with Gasteiger partial charge in [0.05, 0.1) is 12.7 Å². The number of carboxylic acid groups (broad SMARTS) is 1. The van der Waals surface area contributed by atoms with Gasteiger partial charge in [-0.3, -0.25) is 10.1 Å². The Labute approximate surface area is 164 Å². The lowest BCUT2D eigenvalue weighted by molar-refractivity contribution is -0.115. The highest BCUT2D eigenvalue weighted by Gasteiger charge is 2.05. The maximum Gasteiger partial charge on any atom is 0.335 e. The van der Waals surface area contributed by atoms with Crippen molar-refractivity contribution in [2.45, 2.75) is 0 Å². The molecule has 0 unspecified atom stereocenters. The fourth-order valence-corrected chi connectivity index (χ4v) is 2.61. The number of amides is 1. The average Bonchev–Trinajstić information content (AvgIpc) is 2.60. The fourth-order valence-electron chi connectivity index (χ4n) is 2.01. The number of carboxylic acids is 1. The van der Waals surface area contributed by atoms with Crippen molar-refractivity contribution < 1.29 is 19.4 Å². The minimum absolute atomic E-state index is 0.101. The lowest BCUT2D eigenvalue weighted by atomic mass is 10.2. The van der Waals surface area contributed by atoms with E-state index in [9.17, 15) is 9.59 Å². The third kappa shape index (κ3) is 5.68. The molecule has 0 saturated heterocycles. The Balaban J connectivity index is 1.95. The summed E-state index contributed by atoms with van der Waals surface area (Å²) in [5.41, 5.74) is 1.47. The van der Waals surface area contributed by atoms with E-state index in [0.717, 1.165) is 10.0 Å². The second-order valence-corrected chi connectivity index (χ2v) is 6.37. The van der Waals surface area contributed by atoms with E-state index in [1.54, 1.807) is 31.4 Å². The van der Waals surface area contributed by atoms with E-state index in [4.69, 9.17) is 22.1 Å². The third-order valence-electron chi connectivity index (χ3n) is 3.23. The molecule has 8 heteroatoms. The predicted molar refractivity (Wildman–Crippen MR) is 107 cm³/mol. The molecular formula is C18H15BrN2O4S. The summed E-state index contributed by atoms with van der Waals surface area (Å²) < 4.78 is 6.10. The molecule has 0 bridgehead atoms. The number of nitrogens with one attached hydrogen (secondary N) is 2. The second kappa shape index (κ2) is 9.12. The number of rotatable bonds is 5. The Morgan fingerprint density at radius 3 is 2.50 bits per heavy atom. The van der Waals surface area contributed by atoms with E-state index < -0.39 is 11.9 Å². The molecule has 0 aromatic heterocycles. The third-order valence-corrected chi connectivity index (χ3v) is 3.93. The van der Waals surface area contributed by atoms with E-state index in [-0.39, 0.29) is 10.7 Å². The molecule has 6 nitrogen and oxygen atoms in total. The van der Waals surface area contributed by atoms with E-state index in [1.165, 1.54) is 18.2 Å². The SMILES string of the molecule is COc1ccc(Br)cc1C=CC(=O)NC(=S)Nc1ccc(C(=O)O)cc1. The Kier molecular flexibility index (Phi) is 6.88. The van der Waals surface area contributed by atoms with Crippen LogP contribution in [0.2, 0.25) is 0 Å². The molecule has 3 N–H and O–H groups in total. The highest BCUT2D eigenvalue weighted by Crippen LogP contribution is 2.24. The van der Waals surface area contributed by atoms with Crippen molar-refractivity contribution in [1.29, 1.82) is 0 Å². The summed E-state index contributed by atoms with van der Waals surface area (Å²) >= 11 is 8.44. The van der Waals surface area contributed by atoms with Gasteiger partial charge in [0.15, 0.2) is 5.11 Å². The molecule has 0 aliphatic carbocycles. The zero-order chi connectivity index (χ0) is 19.1. The summed E-state index contributed by atoms with van der Waals surface area (Å²) in [6.45, 7) is 0. The molecule has 0 saturated carbocycles. The van der Waals surface area contributed by atoms with Crippen molar-refractivity contribution in [2.24, 2.45) is 0 Å². The van der Waals surface area contributed by atoms with Crippen LogP contribution < -0.4 is 15.4 Å². The summed E-state index contributed by atoms with van der Waals surface area (Å²) in [5, 5.41) is 14.3. The quantitative estimate of drug-likeness (QED) is 0.491. The van der Waals surface area contributed by atoms with Gasteiger partial charge >= 0.3 is 5.97 Å². The molecule has 1 amide bonds. The van der Waals surface area contributed by atoms with Crippen LogP contribution >= 0.6 is 28.1 Å². The lowest BCUT2D eigenvalue weighted by Crippen LogP contribution is -2.32. The van der Waals surface area contributed by atoms with Crippen LogP contribution in [0.5, 0.6) is 5.75 Å². The number of carbonyl (C=O) groups is 2. The minimum atomic E-state index is -1.01. The number of ether oxygens (including phenoxy) is 1. The summed E-state index contributed by atoms with van der Waals surface area (Å²) in [7, 11) is 1.55. The van der Waals surface area contributed by atoms with E-state index >= 15 is 0 Å². The lowest BCUT2D eigenvalue weighted by Gasteiger charge is -2.08. The standard InChI is InChI=1S/C18H15BrN2O4S/c1-25-15-8-5-13(19)10-12(15)4-9-16(22)21-18(26)20-14-6-2-11(3-7-14)17(23)24/h2-10H,1H3,(H,23,24)(H2,20,21,22,26). The Hall–Kier alpha value is -2.71. The van der Waals surface area contributed by atoms with E-state index in [1.807, 2.05) is 12.1 Å². The van der Waals surface area contributed by atoms with E-state index in [2.05, 4.69) is 26.6 Å². The molecule has 0 heterocycles. The summed E-state index contributed by atoms with van der Waals surface area (Å²) in [6, 6.07) is 11.4. The molecule has 2 rings (SSSR count). The number of carbonyl (C=O) groups excluding carboxylic acids is 1. The van der Waals surface area contributed by atoms with Crippen LogP contribution in [0.25, 0.3) is 6.08 Å². The summed E-state index contributed by atoms with van der Waals surface area (Å²) in [4.78, 5) is 22.8. The van der Waals surface area contributed by atoms with Crippen molar-refractivity contribution in [3.63, 3.8) is 0 Å². The van der Waals surface area contributed by atoms with Gasteiger partial charge in [0.25, 0.3) is 0 Å². The number of hydrogen-bond donors (Lipinski definition) is 3. The smallest absolute Gasteiger partial charge is 0.335 e. The maximum absolute atomic E-state index is 12.0. The molecule has 2 aromatic rings. The van der Waals surface area contributed by atoms with Gasteiger partial charge in [-0.25, -0.2) is 4.79 Å². The molecule has 2 aromatic carbocycles. The molecule has 134 valence electrons. The number of aromatic carboxylic acids is 1. The zero-order valence-electron chi connectivity index (χ0n) is 13.7. The Morgan fingerprint density at radius 2 is 1.88 bits per heavy atom. The van der Waals surface area contributed by atoms with Gasteiger partial charge in [0.1, 0.15) is 5.75 Å². The maximum atomic E-state index is 12.0. The number of anilines is 1. The molecule has 26 heavy (non-hydrogen) atoms. The molecule has 0 spiro atoms. The van der Waals surface area contributed by atoms with Crippen LogP contribution in [0.4, 0.5) is 5.69 Å². The van der Waals surface area contributed by atoms with Gasteiger partial charge in [0.2, 0.25) is 5.91 Å². The number of hydrogen-bond acceptors (Lipinski definition) is 4. The Morgan fingerprint density at radius 1 is 1.19 bits per heavy atom. The summed E-state index contributed by atoms with van der Waals surface area (Å²) in [5.74, 6) is -0.788. The van der Waals surface area contributed by atoms with Crippen molar-refractivity contribution in [3.8, 4) is 5.75 Å². The first-order valence-corrected chi connectivity index (χ1v) is 8.56. The van der Waals surface area contributed by atoms with Crippen LogP contribution in [0.3, 0.4) is 0 Å². The van der Waals surface area contributed by atoms with Crippen molar-refractivity contribution >= 4 is 56.9 Å². The van der Waals surface area contributed by atoms with Gasteiger partial charge < -0.3 is 15.2 Å². The molecule has 0 fully saturated rings. The zero-order valence-corrected chi connectivity index (χ0v) is 16.1. The number of halogens is 1.